The van der Waals surface area contributed by atoms with Gasteiger partial charge in [-0.05, 0) is 24.3 Å². The van der Waals surface area contributed by atoms with Gasteiger partial charge in [-0.25, -0.2) is 0 Å². The zero-order chi connectivity index (χ0) is 14.4. The minimum Gasteiger partial charge on any atom is -0.301 e. The van der Waals surface area contributed by atoms with Crippen molar-refractivity contribution in [2.45, 2.75) is 0 Å². The molecule has 0 aliphatic rings. The number of benzene rings is 2. The molecular weight excluding hydrogens is 272 g/mol. The van der Waals surface area contributed by atoms with Crippen LogP contribution in [0.5, 0.6) is 0 Å². The van der Waals surface area contributed by atoms with Crippen molar-refractivity contribution in [1.29, 1.82) is 0 Å². The lowest BCUT2D eigenvalue weighted by atomic mass is 10.2. The van der Waals surface area contributed by atoms with Crippen molar-refractivity contribution in [3.63, 3.8) is 0 Å². The van der Waals surface area contributed by atoms with Gasteiger partial charge in [0.05, 0.1) is 0 Å². The number of thiol groups is 1. The van der Waals surface area contributed by atoms with E-state index in [1.165, 1.54) is 0 Å². The van der Waals surface area contributed by atoms with Gasteiger partial charge in [-0.3, -0.25) is 9.59 Å². The zero-order valence-electron chi connectivity index (χ0n) is 10.5. The summed E-state index contributed by atoms with van der Waals surface area (Å²) in [4.78, 5) is 27.3. The molecule has 0 unspecified atom stereocenters. The summed E-state index contributed by atoms with van der Waals surface area (Å²) in [6.45, 7) is 0. The number of hydrogen-bond donors (Lipinski definition) is 2. The van der Waals surface area contributed by atoms with Gasteiger partial charge < -0.3 is 5.32 Å². The number of amidine groups is 1. The molecule has 100 valence electrons. The number of carbonyl (C=O) groups excluding carboxylic acids is 2. The van der Waals surface area contributed by atoms with Crippen LogP contribution in [0.2, 0.25) is 0 Å². The monoisotopic (exact) mass is 284 g/mol. The van der Waals surface area contributed by atoms with Crippen LogP contribution < -0.4 is 5.32 Å². The molecule has 5 heteroatoms. The fourth-order valence-electron chi connectivity index (χ4n) is 1.53. The number of hydrogen-bond acceptors (Lipinski definition) is 2. The molecule has 0 fully saturated rings. The maximum absolute atomic E-state index is 11.8. The van der Waals surface area contributed by atoms with Crippen LogP contribution in [0.25, 0.3) is 0 Å². The van der Waals surface area contributed by atoms with Crippen LogP contribution in [0.1, 0.15) is 20.7 Å². The standard InChI is InChI=1S/C15H12N2O2S/c18-13(11-7-3-1-4-8-11)16-15(20)17-14(19)12-9-5-2-6-10-12/h1-10H,(H2,16,17,18,19,20). The Morgan fingerprint density at radius 3 is 1.90 bits per heavy atom. The SMILES string of the molecule is O=C(N=C(S)NC(=O)c1ccccc1)c1ccccc1. The first-order chi connectivity index (χ1) is 9.66. The topological polar surface area (TPSA) is 58.5 Å². The van der Waals surface area contributed by atoms with Crippen LogP contribution in [0.3, 0.4) is 0 Å². The molecule has 0 atom stereocenters. The third-order valence-electron chi connectivity index (χ3n) is 2.49. The third kappa shape index (κ3) is 3.80. The van der Waals surface area contributed by atoms with Crippen molar-refractivity contribution in [3.05, 3.63) is 71.8 Å². The summed E-state index contributed by atoms with van der Waals surface area (Å²) in [5.74, 6) is -0.816. The van der Waals surface area contributed by atoms with Gasteiger partial charge in [-0.15, -0.1) is 12.6 Å². The first kappa shape index (κ1) is 14.0. The van der Waals surface area contributed by atoms with Crippen LogP contribution in [0.4, 0.5) is 0 Å². The van der Waals surface area contributed by atoms with Crippen molar-refractivity contribution >= 4 is 29.6 Å². The van der Waals surface area contributed by atoms with Gasteiger partial charge in [0, 0.05) is 11.1 Å². The summed E-state index contributed by atoms with van der Waals surface area (Å²) in [6.07, 6.45) is 0. The Morgan fingerprint density at radius 2 is 1.35 bits per heavy atom. The molecule has 0 bridgehead atoms. The van der Waals surface area contributed by atoms with E-state index in [9.17, 15) is 9.59 Å². The highest BCUT2D eigenvalue weighted by Gasteiger charge is 2.08. The zero-order valence-corrected chi connectivity index (χ0v) is 11.4. The average Bonchev–Trinajstić information content (AvgIpc) is 2.49. The molecule has 0 heterocycles. The van der Waals surface area contributed by atoms with E-state index in [4.69, 9.17) is 0 Å². The second-order valence-electron chi connectivity index (χ2n) is 3.93. The Bertz CT molecular complexity index is 639. The molecule has 2 amide bonds. The summed E-state index contributed by atoms with van der Waals surface area (Å²) in [5, 5.41) is 2.42. The van der Waals surface area contributed by atoms with E-state index >= 15 is 0 Å². The first-order valence-electron chi connectivity index (χ1n) is 5.90. The Labute approximate surface area is 122 Å². The van der Waals surface area contributed by atoms with E-state index in [0.29, 0.717) is 11.1 Å². The molecule has 4 nitrogen and oxygen atoms in total. The number of nitrogens with one attached hydrogen (secondary N) is 1. The van der Waals surface area contributed by atoms with Crippen LogP contribution in [0, 0.1) is 0 Å². The summed E-state index contributed by atoms with van der Waals surface area (Å²) in [7, 11) is 0. The molecule has 0 aliphatic heterocycles. The molecule has 0 saturated carbocycles. The molecule has 0 saturated heterocycles. The molecule has 0 spiro atoms. The number of amides is 2. The quantitative estimate of drug-likeness (QED) is 0.506. The lowest BCUT2D eigenvalue weighted by Gasteiger charge is -2.03. The molecule has 2 rings (SSSR count). The van der Waals surface area contributed by atoms with Crippen molar-refractivity contribution in [2.75, 3.05) is 0 Å². The van der Waals surface area contributed by atoms with E-state index in [-0.39, 0.29) is 11.1 Å². The molecule has 2 aromatic carbocycles. The van der Waals surface area contributed by atoms with Crippen LogP contribution in [-0.4, -0.2) is 17.0 Å². The minimum atomic E-state index is -0.455. The fourth-order valence-corrected chi connectivity index (χ4v) is 1.73. The van der Waals surface area contributed by atoms with E-state index in [1.54, 1.807) is 54.6 Å². The molecule has 20 heavy (non-hydrogen) atoms. The van der Waals surface area contributed by atoms with Gasteiger partial charge in [-0.1, -0.05) is 36.4 Å². The number of nitrogens with zero attached hydrogens (tertiary/aromatic N) is 1. The van der Waals surface area contributed by atoms with E-state index in [0.717, 1.165) is 0 Å². The summed E-state index contributed by atoms with van der Waals surface area (Å²) in [5.41, 5.74) is 0.912. The van der Waals surface area contributed by atoms with Crippen molar-refractivity contribution < 1.29 is 9.59 Å². The first-order valence-corrected chi connectivity index (χ1v) is 6.35. The molecule has 0 aliphatic carbocycles. The van der Waals surface area contributed by atoms with Gasteiger partial charge in [0.15, 0.2) is 5.17 Å². The number of aliphatic imine (C=N–C) groups is 1. The maximum Gasteiger partial charge on any atom is 0.279 e. The van der Waals surface area contributed by atoms with Gasteiger partial charge in [0.1, 0.15) is 0 Å². The fraction of sp³-hybridized carbons (Fsp3) is 0. The number of carbonyl (C=O) groups is 2. The Hall–Kier alpha value is -2.40. The predicted molar refractivity (Wildman–Crippen MR) is 81.1 cm³/mol. The Balaban J connectivity index is 2.05. The predicted octanol–water partition coefficient (Wildman–Crippen LogP) is 2.54. The van der Waals surface area contributed by atoms with Gasteiger partial charge in [-0.2, -0.15) is 4.99 Å². The van der Waals surface area contributed by atoms with Gasteiger partial charge in [0.25, 0.3) is 11.8 Å². The largest absolute Gasteiger partial charge is 0.301 e. The average molecular weight is 284 g/mol. The van der Waals surface area contributed by atoms with Gasteiger partial charge >= 0.3 is 0 Å². The van der Waals surface area contributed by atoms with E-state index in [2.05, 4.69) is 22.9 Å². The van der Waals surface area contributed by atoms with Crippen LogP contribution >= 0.6 is 12.6 Å². The summed E-state index contributed by atoms with van der Waals surface area (Å²) >= 11 is 4.01. The normalized spacial score (nSPS) is 10.9. The second-order valence-corrected chi connectivity index (χ2v) is 4.35. The molecular formula is C15H12N2O2S. The van der Waals surface area contributed by atoms with Gasteiger partial charge in [0.2, 0.25) is 0 Å². The smallest absolute Gasteiger partial charge is 0.279 e. The van der Waals surface area contributed by atoms with E-state index in [1.807, 2.05) is 6.07 Å². The molecule has 1 N–H and O–H groups in total. The molecule has 0 aromatic heterocycles. The van der Waals surface area contributed by atoms with Crippen molar-refractivity contribution in [2.24, 2.45) is 4.99 Å². The lowest BCUT2D eigenvalue weighted by molar-refractivity contribution is 0.0978. The summed E-state index contributed by atoms with van der Waals surface area (Å²) in [6, 6.07) is 17.2. The molecule has 2 aromatic rings. The Kier molecular flexibility index (Phi) is 4.68. The number of rotatable bonds is 2. The summed E-state index contributed by atoms with van der Waals surface area (Å²) < 4.78 is 0. The third-order valence-corrected chi connectivity index (χ3v) is 2.70. The lowest BCUT2D eigenvalue weighted by Crippen LogP contribution is -2.27. The van der Waals surface area contributed by atoms with Crippen molar-refractivity contribution in [1.82, 2.24) is 5.32 Å². The Morgan fingerprint density at radius 1 is 0.850 bits per heavy atom. The highest BCUT2D eigenvalue weighted by molar-refractivity contribution is 7.97. The van der Waals surface area contributed by atoms with Crippen LogP contribution in [-0.2, 0) is 0 Å². The highest BCUT2D eigenvalue weighted by Crippen LogP contribution is 2.02. The minimum absolute atomic E-state index is 0.0345. The molecule has 0 radical (unpaired) electrons. The maximum atomic E-state index is 11.8. The van der Waals surface area contributed by atoms with E-state index < -0.39 is 5.91 Å². The van der Waals surface area contributed by atoms with Crippen molar-refractivity contribution in [3.8, 4) is 0 Å². The highest BCUT2D eigenvalue weighted by atomic mass is 32.1. The van der Waals surface area contributed by atoms with Crippen LogP contribution in [0.15, 0.2) is 65.7 Å². The second kappa shape index (κ2) is 6.68.